The largest absolute Gasteiger partial charge is 0.497 e. The summed E-state index contributed by atoms with van der Waals surface area (Å²) in [5.41, 5.74) is 3.59. The van der Waals surface area contributed by atoms with E-state index in [0.29, 0.717) is 23.7 Å². The van der Waals surface area contributed by atoms with Gasteiger partial charge in [0.05, 0.1) is 7.11 Å². The van der Waals surface area contributed by atoms with Crippen molar-refractivity contribution in [3.8, 4) is 11.5 Å². The van der Waals surface area contributed by atoms with Gasteiger partial charge in [-0.1, -0.05) is 29.3 Å². The van der Waals surface area contributed by atoms with E-state index in [1.807, 2.05) is 36.6 Å². The van der Waals surface area contributed by atoms with Crippen LogP contribution in [0.25, 0.3) is 6.08 Å². The Labute approximate surface area is 162 Å². The van der Waals surface area contributed by atoms with E-state index in [1.165, 1.54) is 13.2 Å². The van der Waals surface area contributed by atoms with Crippen LogP contribution in [0, 0.1) is 13.8 Å². The van der Waals surface area contributed by atoms with E-state index < -0.39 is 17.8 Å². The zero-order valence-electron chi connectivity index (χ0n) is 15.8. The average Bonchev–Trinajstić information content (AvgIpc) is 2.62. The number of carbonyl (C=O) groups is 3. The SMILES string of the molecule is COc1ccc(C=C2C(=O)NC(=O)NC2=O)c(OCc2cc(C)cc(C)c2)c1. The van der Waals surface area contributed by atoms with Crippen molar-refractivity contribution in [3.63, 3.8) is 0 Å². The number of hydrogen-bond acceptors (Lipinski definition) is 5. The molecule has 0 aromatic heterocycles. The molecule has 0 radical (unpaired) electrons. The van der Waals surface area contributed by atoms with E-state index in [1.54, 1.807) is 18.2 Å². The minimum atomic E-state index is -0.840. The Balaban J connectivity index is 1.92. The number of aryl methyl sites for hydroxylation is 2. The third-order valence-corrected chi connectivity index (χ3v) is 4.14. The van der Waals surface area contributed by atoms with Crippen LogP contribution in [0.5, 0.6) is 11.5 Å². The van der Waals surface area contributed by atoms with Crippen molar-refractivity contribution in [2.24, 2.45) is 0 Å². The Morgan fingerprint density at radius 3 is 2.18 bits per heavy atom. The monoisotopic (exact) mass is 380 g/mol. The molecule has 1 fully saturated rings. The Kier molecular flexibility index (Phi) is 5.44. The second kappa shape index (κ2) is 7.96. The number of nitrogens with one attached hydrogen (secondary N) is 2. The number of urea groups is 1. The van der Waals surface area contributed by atoms with Gasteiger partial charge in [-0.3, -0.25) is 20.2 Å². The third-order valence-electron chi connectivity index (χ3n) is 4.14. The van der Waals surface area contributed by atoms with Crippen LogP contribution in [-0.4, -0.2) is 25.0 Å². The van der Waals surface area contributed by atoms with E-state index in [-0.39, 0.29) is 5.57 Å². The summed E-state index contributed by atoms with van der Waals surface area (Å²) >= 11 is 0. The summed E-state index contributed by atoms with van der Waals surface area (Å²) in [7, 11) is 1.54. The van der Waals surface area contributed by atoms with Crippen molar-refractivity contribution in [2.75, 3.05) is 7.11 Å². The highest BCUT2D eigenvalue weighted by Gasteiger charge is 2.28. The first kappa shape index (κ1) is 19.2. The molecule has 0 saturated carbocycles. The predicted octanol–water partition coefficient (Wildman–Crippen LogP) is 2.64. The van der Waals surface area contributed by atoms with E-state index in [4.69, 9.17) is 9.47 Å². The molecule has 2 aromatic rings. The second-order valence-corrected chi connectivity index (χ2v) is 6.48. The van der Waals surface area contributed by atoms with Gasteiger partial charge in [-0.25, -0.2) is 4.79 Å². The fourth-order valence-electron chi connectivity index (χ4n) is 2.96. The molecule has 0 spiro atoms. The third kappa shape index (κ3) is 4.37. The first-order valence-corrected chi connectivity index (χ1v) is 8.62. The van der Waals surface area contributed by atoms with Gasteiger partial charge in [-0.05, 0) is 37.6 Å². The van der Waals surface area contributed by atoms with Gasteiger partial charge in [-0.2, -0.15) is 0 Å². The van der Waals surface area contributed by atoms with Crippen molar-refractivity contribution in [1.82, 2.24) is 10.6 Å². The number of benzene rings is 2. The van der Waals surface area contributed by atoms with E-state index in [9.17, 15) is 14.4 Å². The molecule has 1 heterocycles. The summed E-state index contributed by atoms with van der Waals surface area (Å²) in [5, 5.41) is 4.10. The highest BCUT2D eigenvalue weighted by Crippen LogP contribution is 2.28. The van der Waals surface area contributed by atoms with Gasteiger partial charge in [-0.15, -0.1) is 0 Å². The van der Waals surface area contributed by atoms with Crippen molar-refractivity contribution in [2.45, 2.75) is 20.5 Å². The summed E-state index contributed by atoms with van der Waals surface area (Å²) in [6.45, 7) is 4.34. The molecule has 0 bridgehead atoms. The lowest BCUT2D eigenvalue weighted by Crippen LogP contribution is -2.51. The number of hydrogen-bond donors (Lipinski definition) is 2. The Bertz CT molecular complexity index is 952. The molecule has 1 aliphatic heterocycles. The van der Waals surface area contributed by atoms with Crippen LogP contribution in [0.2, 0.25) is 0 Å². The molecule has 3 rings (SSSR count). The van der Waals surface area contributed by atoms with Crippen molar-refractivity contribution >= 4 is 23.9 Å². The molecular formula is C21H20N2O5. The van der Waals surface area contributed by atoms with Gasteiger partial charge >= 0.3 is 6.03 Å². The van der Waals surface area contributed by atoms with Gasteiger partial charge in [0, 0.05) is 11.6 Å². The number of ether oxygens (including phenoxy) is 2. The second-order valence-electron chi connectivity index (χ2n) is 6.48. The lowest BCUT2D eigenvalue weighted by molar-refractivity contribution is -0.123. The molecule has 144 valence electrons. The summed E-state index contributed by atoms with van der Waals surface area (Å²) in [4.78, 5) is 35.2. The van der Waals surface area contributed by atoms with Crippen LogP contribution < -0.4 is 20.1 Å². The zero-order valence-corrected chi connectivity index (χ0v) is 15.8. The standard InChI is InChI=1S/C21H20N2O5/c1-12-6-13(2)8-14(7-12)11-28-18-10-16(27-3)5-4-15(18)9-17-19(24)22-21(26)23-20(17)25/h4-10H,11H2,1-3H3,(H2,22,23,24,25,26). The minimum Gasteiger partial charge on any atom is -0.497 e. The fourth-order valence-corrected chi connectivity index (χ4v) is 2.96. The topological polar surface area (TPSA) is 93.7 Å². The van der Waals surface area contributed by atoms with E-state index in [2.05, 4.69) is 6.07 Å². The molecular weight excluding hydrogens is 360 g/mol. The van der Waals surface area contributed by atoms with Gasteiger partial charge < -0.3 is 9.47 Å². The van der Waals surface area contributed by atoms with Crippen LogP contribution in [0.1, 0.15) is 22.3 Å². The smallest absolute Gasteiger partial charge is 0.328 e. The van der Waals surface area contributed by atoms with Crippen molar-refractivity contribution in [3.05, 3.63) is 64.2 Å². The summed E-state index contributed by atoms with van der Waals surface area (Å²) < 4.78 is 11.2. The Hall–Kier alpha value is -3.61. The van der Waals surface area contributed by atoms with Crippen molar-refractivity contribution < 1.29 is 23.9 Å². The maximum absolute atomic E-state index is 12.0. The van der Waals surface area contributed by atoms with Crippen LogP contribution >= 0.6 is 0 Å². The molecule has 0 unspecified atom stereocenters. The number of rotatable bonds is 5. The first-order chi connectivity index (χ1) is 13.4. The summed E-state index contributed by atoms with van der Waals surface area (Å²) in [6.07, 6.45) is 1.38. The number of amides is 4. The predicted molar refractivity (Wildman–Crippen MR) is 103 cm³/mol. The van der Waals surface area contributed by atoms with Crippen LogP contribution in [0.4, 0.5) is 4.79 Å². The van der Waals surface area contributed by atoms with Crippen LogP contribution in [0.3, 0.4) is 0 Å². The molecule has 4 amide bonds. The summed E-state index contributed by atoms with van der Waals surface area (Å²) in [5.74, 6) is -0.497. The quantitative estimate of drug-likeness (QED) is 0.614. The molecule has 2 aromatic carbocycles. The molecule has 2 N–H and O–H groups in total. The lowest BCUT2D eigenvalue weighted by Gasteiger charge is -2.16. The van der Waals surface area contributed by atoms with Crippen LogP contribution in [-0.2, 0) is 16.2 Å². The minimum absolute atomic E-state index is 0.180. The van der Waals surface area contributed by atoms with E-state index >= 15 is 0 Å². The first-order valence-electron chi connectivity index (χ1n) is 8.62. The molecule has 0 atom stereocenters. The number of barbiturate groups is 1. The van der Waals surface area contributed by atoms with E-state index in [0.717, 1.165) is 16.7 Å². The Morgan fingerprint density at radius 2 is 1.57 bits per heavy atom. The summed E-state index contributed by atoms with van der Waals surface area (Å²) in [6, 6.07) is 10.3. The molecule has 1 aliphatic rings. The molecule has 7 nitrogen and oxygen atoms in total. The fraction of sp³-hybridized carbons (Fsp3) is 0.190. The Morgan fingerprint density at radius 1 is 0.929 bits per heavy atom. The zero-order chi connectivity index (χ0) is 20.3. The highest BCUT2D eigenvalue weighted by atomic mass is 16.5. The van der Waals surface area contributed by atoms with Crippen molar-refractivity contribution in [1.29, 1.82) is 0 Å². The lowest BCUT2D eigenvalue weighted by atomic mass is 10.1. The van der Waals surface area contributed by atoms with Gasteiger partial charge in [0.1, 0.15) is 23.7 Å². The molecule has 0 aliphatic carbocycles. The average molecular weight is 380 g/mol. The van der Waals surface area contributed by atoms with Crippen LogP contribution in [0.15, 0.2) is 42.0 Å². The van der Waals surface area contributed by atoms with Gasteiger partial charge in [0.25, 0.3) is 11.8 Å². The number of carbonyl (C=O) groups excluding carboxylic acids is 3. The van der Waals surface area contributed by atoms with Gasteiger partial charge in [0.2, 0.25) is 0 Å². The molecule has 28 heavy (non-hydrogen) atoms. The number of imide groups is 2. The maximum Gasteiger partial charge on any atom is 0.328 e. The number of methoxy groups -OCH3 is 1. The highest BCUT2D eigenvalue weighted by molar-refractivity contribution is 6.31. The molecule has 7 heteroatoms. The van der Waals surface area contributed by atoms with Gasteiger partial charge in [0.15, 0.2) is 0 Å². The maximum atomic E-state index is 12.0. The molecule has 1 saturated heterocycles. The normalized spacial score (nSPS) is 13.7.